The van der Waals surface area contributed by atoms with Crippen molar-refractivity contribution in [1.82, 2.24) is 14.5 Å². The Hall–Kier alpha value is -1.42. The summed E-state index contributed by atoms with van der Waals surface area (Å²) in [6.07, 6.45) is 6.61. The quantitative estimate of drug-likeness (QED) is 0.901. The van der Waals surface area contributed by atoms with Crippen LogP contribution in [0, 0.1) is 0 Å². The molecule has 0 spiro atoms. The van der Waals surface area contributed by atoms with Crippen molar-refractivity contribution < 1.29 is 0 Å². The third-order valence-corrected chi connectivity index (χ3v) is 4.14. The summed E-state index contributed by atoms with van der Waals surface area (Å²) in [5.74, 6) is 1.52. The van der Waals surface area contributed by atoms with E-state index >= 15 is 0 Å². The molecule has 0 saturated heterocycles. The zero-order valence-electron chi connectivity index (χ0n) is 11.7. The maximum atomic E-state index is 6.33. The minimum Gasteiger partial charge on any atom is -0.327 e. The lowest BCUT2D eigenvalue weighted by molar-refractivity contribution is 0.360. The summed E-state index contributed by atoms with van der Waals surface area (Å²) in [5, 5.41) is 0. The van der Waals surface area contributed by atoms with E-state index in [2.05, 4.69) is 23.4 Å². The maximum Gasteiger partial charge on any atom is 0.160 e. The van der Waals surface area contributed by atoms with Crippen molar-refractivity contribution in [1.29, 1.82) is 0 Å². The largest absolute Gasteiger partial charge is 0.327 e. The highest BCUT2D eigenvalue weighted by Gasteiger charge is 2.29. The predicted molar refractivity (Wildman–Crippen MR) is 77.1 cm³/mol. The van der Waals surface area contributed by atoms with E-state index in [4.69, 9.17) is 10.7 Å². The fourth-order valence-corrected chi connectivity index (χ4v) is 3.20. The third kappa shape index (κ3) is 2.14. The number of pyridine rings is 1. The van der Waals surface area contributed by atoms with E-state index in [1.807, 2.05) is 18.3 Å². The Morgan fingerprint density at radius 3 is 2.84 bits per heavy atom. The molecule has 2 heterocycles. The van der Waals surface area contributed by atoms with Gasteiger partial charge in [-0.25, -0.2) is 9.97 Å². The van der Waals surface area contributed by atoms with Gasteiger partial charge in [-0.1, -0.05) is 12.8 Å². The molecule has 0 bridgehead atoms. The monoisotopic (exact) mass is 258 g/mol. The summed E-state index contributed by atoms with van der Waals surface area (Å²) in [6.45, 7) is 4.38. The van der Waals surface area contributed by atoms with Crippen LogP contribution in [0.15, 0.2) is 18.3 Å². The first-order valence-electron chi connectivity index (χ1n) is 7.27. The third-order valence-electron chi connectivity index (χ3n) is 4.14. The zero-order chi connectivity index (χ0) is 13.4. The van der Waals surface area contributed by atoms with Crippen LogP contribution < -0.4 is 5.73 Å². The first-order valence-corrected chi connectivity index (χ1v) is 7.27. The molecule has 0 aliphatic heterocycles. The molecule has 2 N–H and O–H groups in total. The van der Waals surface area contributed by atoms with Crippen molar-refractivity contribution in [3.8, 4) is 0 Å². The molecule has 2 aromatic rings. The van der Waals surface area contributed by atoms with Crippen molar-refractivity contribution in [2.75, 3.05) is 0 Å². The lowest BCUT2D eigenvalue weighted by Crippen LogP contribution is -2.33. The van der Waals surface area contributed by atoms with Gasteiger partial charge in [0.2, 0.25) is 0 Å². The van der Waals surface area contributed by atoms with Crippen molar-refractivity contribution >= 4 is 11.2 Å². The van der Waals surface area contributed by atoms with Crippen LogP contribution in [-0.2, 0) is 0 Å². The summed E-state index contributed by atoms with van der Waals surface area (Å²) in [4.78, 5) is 9.33. The van der Waals surface area contributed by atoms with Crippen molar-refractivity contribution in [3.05, 3.63) is 24.2 Å². The van der Waals surface area contributed by atoms with Crippen LogP contribution in [0.25, 0.3) is 11.2 Å². The average molecular weight is 258 g/mol. The van der Waals surface area contributed by atoms with Crippen LogP contribution in [0.2, 0.25) is 0 Å². The highest BCUT2D eigenvalue weighted by atomic mass is 15.2. The molecule has 1 aliphatic rings. The lowest BCUT2D eigenvalue weighted by atomic mass is 9.84. The van der Waals surface area contributed by atoms with Gasteiger partial charge >= 0.3 is 0 Å². The number of nitrogens with zero attached hydrogens (tertiary/aromatic N) is 3. The van der Waals surface area contributed by atoms with Gasteiger partial charge in [-0.15, -0.1) is 0 Å². The van der Waals surface area contributed by atoms with E-state index in [1.54, 1.807) is 0 Å². The Labute approximate surface area is 114 Å². The summed E-state index contributed by atoms with van der Waals surface area (Å²) in [5.41, 5.74) is 8.31. The summed E-state index contributed by atoms with van der Waals surface area (Å²) >= 11 is 0. The number of aromatic nitrogens is 3. The number of hydrogen-bond donors (Lipinski definition) is 1. The van der Waals surface area contributed by atoms with Crippen LogP contribution in [0.1, 0.15) is 57.3 Å². The average Bonchev–Trinajstić information content (AvgIpc) is 2.78. The number of imidazole rings is 1. The van der Waals surface area contributed by atoms with Crippen molar-refractivity contribution in [2.24, 2.45) is 5.73 Å². The Morgan fingerprint density at radius 2 is 2.11 bits per heavy atom. The van der Waals surface area contributed by atoms with E-state index in [0.717, 1.165) is 29.8 Å². The van der Waals surface area contributed by atoms with E-state index in [9.17, 15) is 0 Å². The molecule has 102 valence electrons. The van der Waals surface area contributed by atoms with Crippen LogP contribution in [0.3, 0.4) is 0 Å². The molecule has 1 saturated carbocycles. The van der Waals surface area contributed by atoms with Gasteiger partial charge in [-0.2, -0.15) is 0 Å². The van der Waals surface area contributed by atoms with Gasteiger partial charge in [0.15, 0.2) is 5.65 Å². The molecule has 0 amide bonds. The van der Waals surface area contributed by atoms with Gasteiger partial charge in [0.25, 0.3) is 0 Å². The van der Waals surface area contributed by atoms with E-state index in [0.29, 0.717) is 12.0 Å². The topological polar surface area (TPSA) is 56.7 Å². The number of hydrogen-bond acceptors (Lipinski definition) is 3. The van der Waals surface area contributed by atoms with Gasteiger partial charge in [-0.05, 0) is 38.8 Å². The molecule has 0 radical (unpaired) electrons. The first-order chi connectivity index (χ1) is 9.18. The van der Waals surface area contributed by atoms with E-state index < -0.39 is 0 Å². The highest BCUT2D eigenvalue weighted by molar-refractivity contribution is 5.71. The Morgan fingerprint density at radius 1 is 1.32 bits per heavy atom. The van der Waals surface area contributed by atoms with Crippen molar-refractivity contribution in [2.45, 2.75) is 57.5 Å². The minimum atomic E-state index is 0.239. The number of nitrogens with two attached hydrogens (primary N) is 1. The molecule has 2 unspecified atom stereocenters. The molecular weight excluding hydrogens is 236 g/mol. The molecule has 4 heteroatoms. The number of fused-ring (bicyclic) bond motifs is 1. The fraction of sp³-hybridized carbons (Fsp3) is 0.600. The highest BCUT2D eigenvalue weighted by Crippen LogP contribution is 2.34. The minimum absolute atomic E-state index is 0.239. The molecule has 1 aliphatic carbocycles. The Balaban J connectivity index is 2.14. The maximum absolute atomic E-state index is 6.33. The molecule has 19 heavy (non-hydrogen) atoms. The van der Waals surface area contributed by atoms with Crippen molar-refractivity contribution in [3.63, 3.8) is 0 Å². The zero-order valence-corrected chi connectivity index (χ0v) is 11.7. The van der Waals surface area contributed by atoms with Gasteiger partial charge in [0.1, 0.15) is 11.3 Å². The van der Waals surface area contributed by atoms with E-state index in [-0.39, 0.29) is 6.04 Å². The molecular formula is C15H22N4. The molecule has 2 aromatic heterocycles. The predicted octanol–water partition coefficient (Wildman–Crippen LogP) is 3.00. The normalized spacial score (nSPS) is 24.2. The smallest absolute Gasteiger partial charge is 0.160 e. The summed E-state index contributed by atoms with van der Waals surface area (Å²) < 4.78 is 2.27. The van der Waals surface area contributed by atoms with Crippen LogP contribution in [0.5, 0.6) is 0 Å². The molecule has 2 atom stereocenters. The SMILES string of the molecule is CC(C)n1c(C2CCCCC2N)nc2cccnc21. The van der Waals surface area contributed by atoms with E-state index in [1.165, 1.54) is 12.8 Å². The Kier molecular flexibility index (Phi) is 3.27. The van der Waals surface area contributed by atoms with Gasteiger partial charge < -0.3 is 10.3 Å². The van der Waals surface area contributed by atoms with Gasteiger partial charge in [-0.3, -0.25) is 0 Å². The molecule has 4 nitrogen and oxygen atoms in total. The standard InChI is InChI=1S/C15H22N4/c1-10(2)19-14(11-6-3-4-7-12(11)16)18-13-8-5-9-17-15(13)19/h5,8-12H,3-4,6-7,16H2,1-2H3. The van der Waals surface area contributed by atoms with Crippen LogP contribution in [0.4, 0.5) is 0 Å². The second-order valence-electron chi connectivity index (χ2n) is 5.83. The number of rotatable bonds is 2. The van der Waals surface area contributed by atoms with Crippen LogP contribution in [-0.4, -0.2) is 20.6 Å². The van der Waals surface area contributed by atoms with Crippen LogP contribution >= 0.6 is 0 Å². The van der Waals surface area contributed by atoms with Gasteiger partial charge in [0.05, 0.1) is 0 Å². The second kappa shape index (κ2) is 4.93. The molecule has 3 rings (SSSR count). The molecule has 1 fully saturated rings. The second-order valence-corrected chi connectivity index (χ2v) is 5.83. The summed E-state index contributed by atoms with van der Waals surface area (Å²) in [6, 6.07) is 4.59. The Bertz CT molecular complexity index is 573. The van der Waals surface area contributed by atoms with Gasteiger partial charge in [0, 0.05) is 24.2 Å². The fourth-order valence-electron chi connectivity index (χ4n) is 3.20. The first kappa shape index (κ1) is 12.6. The molecule has 0 aromatic carbocycles. The lowest BCUT2D eigenvalue weighted by Gasteiger charge is -2.29. The summed E-state index contributed by atoms with van der Waals surface area (Å²) in [7, 11) is 0.